The van der Waals surface area contributed by atoms with Crippen molar-refractivity contribution in [1.82, 2.24) is 9.55 Å². The van der Waals surface area contributed by atoms with Gasteiger partial charge in [-0.2, -0.15) is 13.2 Å². The summed E-state index contributed by atoms with van der Waals surface area (Å²) in [6.07, 6.45) is -1.22. The van der Waals surface area contributed by atoms with Crippen molar-refractivity contribution in [3.8, 4) is 0 Å². The summed E-state index contributed by atoms with van der Waals surface area (Å²) >= 11 is 0. The highest BCUT2D eigenvalue weighted by Gasteiger charge is 2.31. The number of halogens is 3. The minimum absolute atomic E-state index is 0.272. The highest BCUT2D eigenvalue weighted by molar-refractivity contribution is 5.79. The third-order valence-electron chi connectivity index (χ3n) is 3.52. The van der Waals surface area contributed by atoms with Gasteiger partial charge < -0.3 is 10.3 Å². The van der Waals surface area contributed by atoms with E-state index >= 15 is 0 Å². The summed E-state index contributed by atoms with van der Waals surface area (Å²) in [7, 11) is 0. The molecule has 3 nitrogen and oxygen atoms in total. The Morgan fingerprint density at radius 2 is 1.95 bits per heavy atom. The van der Waals surface area contributed by atoms with Gasteiger partial charge in [0.15, 0.2) is 0 Å². The topological polar surface area (TPSA) is 43.8 Å². The SMILES string of the molecule is CC(C)CCCCn1c(N)nc2cc(C(F)(F)F)ccc21. The predicted molar refractivity (Wildman–Crippen MR) is 77.8 cm³/mol. The molecule has 0 bridgehead atoms. The van der Waals surface area contributed by atoms with E-state index in [0.29, 0.717) is 23.5 Å². The number of aryl methyl sites for hydroxylation is 1. The summed E-state index contributed by atoms with van der Waals surface area (Å²) in [4.78, 5) is 4.04. The molecule has 0 aliphatic rings. The van der Waals surface area contributed by atoms with Crippen LogP contribution >= 0.6 is 0 Å². The summed E-state index contributed by atoms with van der Waals surface area (Å²) < 4.78 is 39.8. The number of anilines is 1. The number of aromatic nitrogens is 2. The number of nitrogens with zero attached hydrogens (tertiary/aromatic N) is 2. The van der Waals surface area contributed by atoms with E-state index in [1.54, 1.807) is 4.57 Å². The molecule has 1 heterocycles. The zero-order chi connectivity index (χ0) is 15.6. The van der Waals surface area contributed by atoms with Crippen molar-refractivity contribution in [2.24, 2.45) is 5.92 Å². The number of unbranched alkanes of at least 4 members (excludes halogenated alkanes) is 1. The molecule has 2 aromatic rings. The van der Waals surface area contributed by atoms with Crippen molar-refractivity contribution in [1.29, 1.82) is 0 Å². The second kappa shape index (κ2) is 5.95. The van der Waals surface area contributed by atoms with Gasteiger partial charge in [-0.05, 0) is 30.5 Å². The number of fused-ring (bicyclic) bond motifs is 1. The fourth-order valence-corrected chi connectivity index (χ4v) is 2.38. The molecule has 2 rings (SSSR count). The van der Waals surface area contributed by atoms with E-state index in [1.165, 1.54) is 6.07 Å². The lowest BCUT2D eigenvalue weighted by Crippen LogP contribution is -2.05. The van der Waals surface area contributed by atoms with E-state index in [0.717, 1.165) is 31.4 Å². The van der Waals surface area contributed by atoms with Gasteiger partial charge in [-0.15, -0.1) is 0 Å². The maximum atomic E-state index is 12.7. The quantitative estimate of drug-likeness (QED) is 0.828. The molecule has 0 atom stereocenters. The largest absolute Gasteiger partial charge is 0.416 e. The van der Waals surface area contributed by atoms with E-state index in [4.69, 9.17) is 5.73 Å². The highest BCUT2D eigenvalue weighted by Crippen LogP contribution is 2.31. The minimum Gasteiger partial charge on any atom is -0.369 e. The highest BCUT2D eigenvalue weighted by atomic mass is 19.4. The van der Waals surface area contributed by atoms with Gasteiger partial charge >= 0.3 is 6.18 Å². The smallest absolute Gasteiger partial charge is 0.369 e. The number of hydrogen-bond donors (Lipinski definition) is 1. The molecule has 0 aliphatic carbocycles. The van der Waals surface area contributed by atoms with E-state index in [-0.39, 0.29) is 5.95 Å². The van der Waals surface area contributed by atoms with Crippen molar-refractivity contribution < 1.29 is 13.2 Å². The van der Waals surface area contributed by atoms with Crippen LogP contribution < -0.4 is 5.73 Å². The number of benzene rings is 1. The fraction of sp³-hybridized carbons (Fsp3) is 0.533. The number of alkyl halides is 3. The van der Waals surface area contributed by atoms with Gasteiger partial charge in [-0.25, -0.2) is 4.98 Å². The van der Waals surface area contributed by atoms with Gasteiger partial charge in [-0.3, -0.25) is 0 Å². The Labute approximate surface area is 122 Å². The Morgan fingerprint density at radius 3 is 2.57 bits per heavy atom. The first-order valence-electron chi connectivity index (χ1n) is 7.12. The molecule has 1 aromatic heterocycles. The monoisotopic (exact) mass is 299 g/mol. The standard InChI is InChI=1S/C15H20F3N3/c1-10(2)5-3-4-8-21-13-7-6-11(15(16,17)18)9-12(13)20-14(21)19/h6-7,9-10H,3-5,8H2,1-2H3,(H2,19,20). The fourth-order valence-electron chi connectivity index (χ4n) is 2.38. The summed E-state index contributed by atoms with van der Waals surface area (Å²) in [6, 6.07) is 3.58. The van der Waals surface area contributed by atoms with Crippen molar-refractivity contribution >= 4 is 17.0 Å². The number of nitrogens with two attached hydrogens (primary N) is 1. The van der Waals surface area contributed by atoms with E-state index in [2.05, 4.69) is 18.8 Å². The summed E-state index contributed by atoms with van der Waals surface area (Å²) in [5.41, 5.74) is 6.08. The lowest BCUT2D eigenvalue weighted by molar-refractivity contribution is -0.137. The minimum atomic E-state index is -4.36. The van der Waals surface area contributed by atoms with Crippen LogP contribution in [0.1, 0.15) is 38.7 Å². The van der Waals surface area contributed by atoms with Crippen LogP contribution in [0.4, 0.5) is 19.1 Å². The van der Waals surface area contributed by atoms with Gasteiger partial charge in [0.1, 0.15) is 0 Å². The Hall–Kier alpha value is -1.72. The summed E-state index contributed by atoms with van der Waals surface area (Å²) in [5.74, 6) is 0.921. The van der Waals surface area contributed by atoms with Crippen molar-refractivity contribution in [3.63, 3.8) is 0 Å². The van der Waals surface area contributed by atoms with Gasteiger partial charge in [0.25, 0.3) is 0 Å². The lowest BCUT2D eigenvalue weighted by atomic mass is 10.1. The van der Waals surface area contributed by atoms with Crippen LogP contribution in [0.3, 0.4) is 0 Å². The van der Waals surface area contributed by atoms with Crippen molar-refractivity contribution in [2.75, 3.05) is 5.73 Å². The first-order valence-corrected chi connectivity index (χ1v) is 7.12. The predicted octanol–water partition coefficient (Wildman–Crippen LogP) is 4.46. The molecular weight excluding hydrogens is 279 g/mol. The maximum absolute atomic E-state index is 12.7. The third kappa shape index (κ3) is 3.68. The molecule has 1 aromatic carbocycles. The van der Waals surface area contributed by atoms with E-state index in [1.807, 2.05) is 0 Å². The van der Waals surface area contributed by atoms with Crippen LogP contribution in [-0.4, -0.2) is 9.55 Å². The van der Waals surface area contributed by atoms with Crippen molar-refractivity contribution in [2.45, 2.75) is 45.8 Å². The Morgan fingerprint density at radius 1 is 1.24 bits per heavy atom. The Kier molecular flexibility index (Phi) is 4.44. The molecule has 0 radical (unpaired) electrons. The average molecular weight is 299 g/mol. The lowest BCUT2D eigenvalue weighted by Gasteiger charge is -2.09. The molecule has 0 saturated carbocycles. The molecule has 0 amide bonds. The number of rotatable bonds is 5. The molecule has 0 unspecified atom stereocenters. The first-order chi connectivity index (χ1) is 9.79. The Balaban J connectivity index is 2.19. The number of imidazole rings is 1. The molecular formula is C15H20F3N3. The zero-order valence-electron chi connectivity index (χ0n) is 12.2. The first kappa shape index (κ1) is 15.7. The average Bonchev–Trinajstić information content (AvgIpc) is 2.68. The van der Waals surface area contributed by atoms with Gasteiger partial charge in [-0.1, -0.05) is 26.7 Å². The number of hydrogen-bond acceptors (Lipinski definition) is 2. The van der Waals surface area contributed by atoms with Gasteiger partial charge in [0, 0.05) is 6.54 Å². The molecule has 0 spiro atoms. The van der Waals surface area contributed by atoms with Crippen LogP contribution in [0.25, 0.3) is 11.0 Å². The molecule has 116 valence electrons. The maximum Gasteiger partial charge on any atom is 0.416 e. The van der Waals surface area contributed by atoms with E-state index < -0.39 is 11.7 Å². The molecule has 2 N–H and O–H groups in total. The van der Waals surface area contributed by atoms with Crippen LogP contribution in [0.15, 0.2) is 18.2 Å². The molecule has 0 aliphatic heterocycles. The zero-order valence-corrected chi connectivity index (χ0v) is 12.2. The number of nitrogen functional groups attached to an aromatic ring is 1. The molecule has 6 heteroatoms. The third-order valence-corrected chi connectivity index (χ3v) is 3.52. The second-order valence-corrected chi connectivity index (χ2v) is 5.71. The summed E-state index contributed by atoms with van der Waals surface area (Å²) in [5, 5.41) is 0. The van der Waals surface area contributed by atoms with Gasteiger partial charge in [0.05, 0.1) is 16.6 Å². The summed E-state index contributed by atoms with van der Waals surface area (Å²) in [6.45, 7) is 5.01. The molecule has 21 heavy (non-hydrogen) atoms. The van der Waals surface area contributed by atoms with Gasteiger partial charge in [0.2, 0.25) is 5.95 Å². The van der Waals surface area contributed by atoms with Crippen molar-refractivity contribution in [3.05, 3.63) is 23.8 Å². The van der Waals surface area contributed by atoms with E-state index in [9.17, 15) is 13.2 Å². The van der Waals surface area contributed by atoms with Crippen LogP contribution in [-0.2, 0) is 12.7 Å². The molecule has 0 saturated heterocycles. The normalized spacial score (nSPS) is 12.5. The van der Waals surface area contributed by atoms with Crippen LogP contribution in [0, 0.1) is 5.92 Å². The Bertz CT molecular complexity index is 614. The van der Waals surface area contributed by atoms with Crippen LogP contribution in [0.5, 0.6) is 0 Å². The van der Waals surface area contributed by atoms with Crippen LogP contribution in [0.2, 0.25) is 0 Å². The second-order valence-electron chi connectivity index (χ2n) is 5.71. The molecule has 0 fully saturated rings.